The van der Waals surface area contributed by atoms with Gasteiger partial charge in [0.15, 0.2) is 5.69 Å². The lowest BCUT2D eigenvalue weighted by molar-refractivity contribution is -0.136. The largest absolute Gasteiger partial charge is 0.457 e. The van der Waals surface area contributed by atoms with E-state index in [0.29, 0.717) is 113 Å². The molecule has 3 aromatic carbocycles. The Kier molecular flexibility index (Phi) is 15.7. The van der Waals surface area contributed by atoms with E-state index in [-0.39, 0.29) is 54.9 Å². The number of ether oxygens (including phenoxy) is 5. The molecule has 4 aliphatic heterocycles. The molecule has 20 heteroatoms. The summed E-state index contributed by atoms with van der Waals surface area (Å²) in [6.07, 6.45) is 4.51. The van der Waals surface area contributed by atoms with Gasteiger partial charge in [0.25, 0.3) is 17.7 Å². The maximum atomic E-state index is 13.5. The van der Waals surface area contributed by atoms with Crippen molar-refractivity contribution in [2.45, 2.75) is 57.3 Å². The van der Waals surface area contributed by atoms with Gasteiger partial charge in [-0.05, 0) is 85.7 Å². The number of nitrogens with two attached hydrogens (primary N) is 1. The summed E-state index contributed by atoms with van der Waals surface area (Å²) in [5.74, 6) is 6.60. The molecule has 2 saturated heterocycles. The first-order valence-corrected chi connectivity index (χ1v) is 24.0. The van der Waals surface area contributed by atoms with E-state index in [1.54, 1.807) is 23.0 Å². The zero-order chi connectivity index (χ0) is 49.1. The van der Waals surface area contributed by atoms with Crippen LogP contribution in [0.2, 0.25) is 0 Å². The lowest BCUT2D eigenvalue weighted by Gasteiger charge is -2.38. The smallest absolute Gasteiger partial charge is 0.276 e. The Balaban J connectivity index is 0.631. The highest BCUT2D eigenvalue weighted by atomic mass is 16.6. The second-order valence-electron chi connectivity index (χ2n) is 17.5. The zero-order valence-electron chi connectivity index (χ0n) is 39.3. The lowest BCUT2D eigenvalue weighted by atomic mass is 9.86. The summed E-state index contributed by atoms with van der Waals surface area (Å²) >= 11 is 0. The molecule has 4 aliphatic rings. The van der Waals surface area contributed by atoms with Gasteiger partial charge < -0.3 is 44.5 Å². The third kappa shape index (κ3) is 11.6. The van der Waals surface area contributed by atoms with Crippen molar-refractivity contribution in [3.63, 3.8) is 0 Å². The summed E-state index contributed by atoms with van der Waals surface area (Å²) in [4.78, 5) is 66.6. The number of rotatable bonds is 20. The second-order valence-corrected chi connectivity index (χ2v) is 17.5. The van der Waals surface area contributed by atoms with Crippen molar-refractivity contribution in [3.05, 3.63) is 107 Å². The number of benzene rings is 3. The number of anilines is 1. The summed E-state index contributed by atoms with van der Waals surface area (Å²) in [6.45, 7) is 5.30. The summed E-state index contributed by atoms with van der Waals surface area (Å²) in [7, 11) is 0. The molecule has 2 aromatic heterocycles. The number of fused-ring (bicyclic) bond motifs is 2. The van der Waals surface area contributed by atoms with E-state index in [1.165, 1.54) is 4.90 Å². The molecule has 0 saturated carbocycles. The summed E-state index contributed by atoms with van der Waals surface area (Å²) in [5, 5.41) is 19.0. The Morgan fingerprint density at radius 1 is 0.803 bits per heavy atom. The van der Waals surface area contributed by atoms with Crippen LogP contribution in [0.3, 0.4) is 0 Å². The number of carbonyl (C=O) groups is 5. The second kappa shape index (κ2) is 23.0. The number of hydrogen-bond donors (Lipinski definition) is 3. The maximum Gasteiger partial charge on any atom is 0.276 e. The predicted molar refractivity (Wildman–Crippen MR) is 256 cm³/mol. The molecule has 20 nitrogen and oxygen atoms in total. The number of aromatic nitrogens is 5. The number of para-hydroxylation sites is 1. The molecule has 5 aromatic rings. The Morgan fingerprint density at radius 2 is 1.52 bits per heavy atom. The SMILES string of the molecule is NC(=O)c1c(-c2ccc(Oc3ccccc3)cc2)nn2c1NCC[C@H]2C1CCN(C(=O)c2cn(CCOCCOCCOCCOCC#Cc3cccc4c3CN(C3CCC(=O)NC3=O)C4=O)nn2)CC1. The molecule has 2 fully saturated rings. The molecule has 1 unspecified atom stereocenters. The first-order chi connectivity index (χ1) is 34.7. The van der Waals surface area contributed by atoms with Gasteiger partial charge in [-0.3, -0.25) is 29.3 Å². The predicted octanol–water partition coefficient (Wildman–Crippen LogP) is 3.82. The summed E-state index contributed by atoms with van der Waals surface area (Å²) in [6, 6.07) is 21.7. The zero-order valence-corrected chi connectivity index (χ0v) is 39.3. The lowest BCUT2D eigenvalue weighted by Crippen LogP contribution is -2.52. The van der Waals surface area contributed by atoms with Crippen molar-refractivity contribution in [3.8, 4) is 34.6 Å². The molecular weight excluding hydrogens is 913 g/mol. The van der Waals surface area contributed by atoms with Crippen LogP contribution in [0.25, 0.3) is 11.3 Å². The summed E-state index contributed by atoms with van der Waals surface area (Å²) < 4.78 is 32.0. The molecule has 9 rings (SSSR count). The Bertz CT molecular complexity index is 2780. The molecule has 0 bridgehead atoms. The highest BCUT2D eigenvalue weighted by molar-refractivity contribution is 6.06. The first-order valence-electron chi connectivity index (χ1n) is 24.0. The number of hydrogen-bond acceptors (Lipinski definition) is 14. The number of piperidine rings is 2. The van der Waals surface area contributed by atoms with E-state index >= 15 is 0 Å². The molecule has 5 amide bonds. The van der Waals surface area contributed by atoms with Crippen molar-refractivity contribution >= 4 is 35.4 Å². The van der Waals surface area contributed by atoms with Crippen molar-refractivity contribution in [2.24, 2.45) is 11.7 Å². The van der Waals surface area contributed by atoms with Crippen LogP contribution >= 0.6 is 0 Å². The van der Waals surface area contributed by atoms with Gasteiger partial charge in [0.2, 0.25) is 11.8 Å². The minimum atomic E-state index is -0.677. The molecule has 0 spiro atoms. The number of primary amides is 1. The number of nitrogens with zero attached hydrogens (tertiary/aromatic N) is 7. The van der Waals surface area contributed by atoms with E-state index in [4.69, 9.17) is 34.5 Å². The van der Waals surface area contributed by atoms with Gasteiger partial charge in [-0.25, -0.2) is 9.36 Å². The van der Waals surface area contributed by atoms with Gasteiger partial charge in [0.05, 0.1) is 65.0 Å². The topological polar surface area (TPSA) is 237 Å². The van der Waals surface area contributed by atoms with Crippen LogP contribution in [0.1, 0.15) is 80.5 Å². The maximum absolute atomic E-state index is 13.5. The highest BCUT2D eigenvalue weighted by Crippen LogP contribution is 2.40. The fraction of sp³-hybridized carbons (Fsp3) is 0.412. The van der Waals surface area contributed by atoms with Gasteiger partial charge in [-0.15, -0.1) is 5.10 Å². The molecule has 71 heavy (non-hydrogen) atoms. The van der Waals surface area contributed by atoms with Crippen LogP contribution in [-0.2, 0) is 41.6 Å². The first kappa shape index (κ1) is 48.6. The minimum Gasteiger partial charge on any atom is -0.457 e. The third-order valence-corrected chi connectivity index (χ3v) is 13.0. The number of carbonyl (C=O) groups excluding carboxylic acids is 5. The van der Waals surface area contributed by atoms with Crippen molar-refractivity contribution in [1.82, 2.24) is 39.9 Å². The normalized spacial score (nSPS) is 17.8. The van der Waals surface area contributed by atoms with E-state index in [9.17, 15) is 24.0 Å². The van der Waals surface area contributed by atoms with Gasteiger partial charge in [-0.1, -0.05) is 41.3 Å². The number of imide groups is 1. The molecule has 2 atom stereocenters. The van der Waals surface area contributed by atoms with E-state index in [1.807, 2.05) is 70.2 Å². The van der Waals surface area contributed by atoms with Gasteiger partial charge in [0, 0.05) is 49.3 Å². The van der Waals surface area contributed by atoms with E-state index in [2.05, 4.69) is 32.8 Å². The van der Waals surface area contributed by atoms with Crippen LogP contribution in [0.4, 0.5) is 5.82 Å². The van der Waals surface area contributed by atoms with E-state index in [0.717, 1.165) is 36.1 Å². The van der Waals surface area contributed by atoms with Crippen molar-refractivity contribution in [2.75, 3.05) is 77.8 Å². The van der Waals surface area contributed by atoms with Crippen LogP contribution in [0.15, 0.2) is 79.0 Å². The molecule has 6 heterocycles. The van der Waals surface area contributed by atoms with Crippen LogP contribution < -0.4 is 21.1 Å². The molecular formula is C51H56N10O10. The Labute approximate surface area is 410 Å². The number of amides is 5. The molecule has 370 valence electrons. The third-order valence-electron chi connectivity index (χ3n) is 13.0. The fourth-order valence-corrected chi connectivity index (χ4v) is 9.41. The average molecular weight is 969 g/mol. The van der Waals surface area contributed by atoms with E-state index < -0.39 is 17.9 Å². The molecule has 4 N–H and O–H groups in total. The monoisotopic (exact) mass is 968 g/mol. The average Bonchev–Trinajstić information content (AvgIpc) is 4.12. The summed E-state index contributed by atoms with van der Waals surface area (Å²) in [5.41, 5.74) is 9.87. The Hall–Kier alpha value is -7.44. The van der Waals surface area contributed by atoms with Crippen LogP contribution in [-0.4, -0.2) is 143 Å². The van der Waals surface area contributed by atoms with Gasteiger partial charge >= 0.3 is 0 Å². The van der Waals surface area contributed by atoms with Crippen molar-refractivity contribution < 1.29 is 47.7 Å². The van der Waals surface area contributed by atoms with Gasteiger partial charge in [-0.2, -0.15) is 5.10 Å². The minimum absolute atomic E-state index is 0.0326. The van der Waals surface area contributed by atoms with Crippen molar-refractivity contribution in [1.29, 1.82) is 0 Å². The van der Waals surface area contributed by atoms with Crippen LogP contribution in [0, 0.1) is 17.8 Å². The number of nitrogens with one attached hydrogen (secondary N) is 2. The quantitative estimate of drug-likeness (QED) is 0.0572. The number of likely N-dealkylation sites (tertiary alicyclic amines) is 1. The van der Waals surface area contributed by atoms with Crippen LogP contribution in [0.5, 0.6) is 11.5 Å². The standard InChI is InChI=1S/C51H56N10O10/c52-47(63)45-46(36-11-13-38(14-12-36)71-37-8-2-1-3-9-37)56-61-42(17-20-53-48(45)61)35-18-21-58(22-19-35)51(66)41-33-59(57-55-41)23-25-68-27-29-70-31-30-69-28-26-67-24-5-7-34-6-4-10-39-40(34)32-60(50(39)65)43-15-16-44(62)54-49(43)64/h1-4,6,8-14,33,35,42-43,53H,15-32H2,(H2,52,63)(H,54,62,64)/t42-,43?/m0/s1. The highest BCUT2D eigenvalue weighted by Gasteiger charge is 2.40. The fourth-order valence-electron chi connectivity index (χ4n) is 9.41. The molecule has 0 radical (unpaired) electrons. The van der Waals surface area contributed by atoms with Gasteiger partial charge in [0.1, 0.15) is 41.2 Å². The molecule has 0 aliphatic carbocycles. The Morgan fingerprint density at radius 3 is 2.25 bits per heavy atom.